The molecule has 0 unspecified atom stereocenters. The van der Waals surface area contributed by atoms with E-state index in [1.165, 1.54) is 0 Å². The van der Waals surface area contributed by atoms with E-state index in [-0.39, 0.29) is 42.5 Å². The molecular weight excluding hydrogens is 360 g/mol. The summed E-state index contributed by atoms with van der Waals surface area (Å²) in [6.45, 7) is 4.00. The van der Waals surface area contributed by atoms with E-state index >= 15 is 0 Å². The molecule has 0 radical (unpaired) electrons. The molecule has 0 saturated heterocycles. The lowest BCUT2D eigenvalue weighted by atomic mass is 9.42. The number of aliphatic hydroxyl groups is 3. The summed E-state index contributed by atoms with van der Waals surface area (Å²) in [6, 6.07) is 0. The van der Waals surface area contributed by atoms with Crippen LogP contribution >= 0.6 is 0 Å². The molecule has 158 valence electrons. The number of ketones is 1. The van der Waals surface area contributed by atoms with Crippen LogP contribution in [0.25, 0.3) is 0 Å². The Morgan fingerprint density at radius 2 is 1.82 bits per heavy atom. The Balaban J connectivity index is 1.70. The lowest BCUT2D eigenvalue weighted by Gasteiger charge is -2.65. The first-order valence-corrected chi connectivity index (χ1v) is 10.9. The van der Waals surface area contributed by atoms with Crippen molar-refractivity contribution in [2.75, 3.05) is 13.2 Å². The van der Waals surface area contributed by atoms with Crippen molar-refractivity contribution in [2.45, 2.75) is 82.8 Å². The summed E-state index contributed by atoms with van der Waals surface area (Å²) in [5.74, 6) is -0.577. The zero-order chi connectivity index (χ0) is 20.4. The highest BCUT2D eigenvalue weighted by molar-refractivity contribution is 5.81. The largest absolute Gasteiger partial charge is 0.466 e. The van der Waals surface area contributed by atoms with Crippen molar-refractivity contribution in [3.63, 3.8) is 0 Å². The Morgan fingerprint density at radius 3 is 2.50 bits per heavy atom. The molecule has 4 aliphatic carbocycles. The van der Waals surface area contributed by atoms with Crippen molar-refractivity contribution >= 4 is 11.8 Å². The normalized spacial score (nSPS) is 50.5. The number of fused-ring (bicyclic) bond motifs is 5. The average Bonchev–Trinajstić information content (AvgIpc) is 2.92. The average molecular weight is 395 g/mol. The van der Waals surface area contributed by atoms with Gasteiger partial charge in [-0.1, -0.05) is 6.92 Å². The van der Waals surface area contributed by atoms with Crippen LogP contribution in [0.5, 0.6) is 0 Å². The molecule has 0 aliphatic heterocycles. The first kappa shape index (κ1) is 20.3. The third-order valence-corrected chi connectivity index (χ3v) is 9.34. The highest BCUT2D eigenvalue weighted by Gasteiger charge is 2.71. The maximum absolute atomic E-state index is 12.6. The van der Waals surface area contributed by atoms with Crippen molar-refractivity contribution in [2.24, 2.45) is 28.6 Å². The maximum Gasteiger partial charge on any atom is 0.309 e. The van der Waals surface area contributed by atoms with Gasteiger partial charge < -0.3 is 20.1 Å². The van der Waals surface area contributed by atoms with E-state index in [1.807, 2.05) is 6.92 Å². The van der Waals surface area contributed by atoms with Gasteiger partial charge in [-0.3, -0.25) is 9.59 Å². The van der Waals surface area contributed by atoms with Gasteiger partial charge in [0.25, 0.3) is 0 Å². The minimum absolute atomic E-state index is 0.0385. The van der Waals surface area contributed by atoms with E-state index in [2.05, 4.69) is 0 Å². The van der Waals surface area contributed by atoms with Gasteiger partial charge in [0.2, 0.25) is 0 Å². The summed E-state index contributed by atoms with van der Waals surface area (Å²) in [6.07, 6.45) is 4.59. The predicted molar refractivity (Wildman–Crippen MR) is 101 cm³/mol. The molecule has 4 aliphatic rings. The van der Waals surface area contributed by atoms with Crippen LogP contribution in [0.15, 0.2) is 0 Å². The molecule has 0 aromatic carbocycles. The van der Waals surface area contributed by atoms with E-state index < -0.39 is 22.0 Å². The van der Waals surface area contributed by atoms with E-state index in [9.17, 15) is 24.9 Å². The van der Waals surface area contributed by atoms with Crippen molar-refractivity contribution in [1.82, 2.24) is 0 Å². The lowest BCUT2D eigenvalue weighted by molar-refractivity contribution is -0.258. The van der Waals surface area contributed by atoms with Gasteiger partial charge in [-0.25, -0.2) is 0 Å². The number of ether oxygens (including phenoxy) is 1. The van der Waals surface area contributed by atoms with Gasteiger partial charge in [0, 0.05) is 23.7 Å². The second kappa shape index (κ2) is 6.51. The molecule has 0 amide bonds. The summed E-state index contributed by atoms with van der Waals surface area (Å²) < 4.78 is 5.31. The molecule has 6 nitrogen and oxygen atoms in total. The van der Waals surface area contributed by atoms with Gasteiger partial charge >= 0.3 is 5.97 Å². The maximum atomic E-state index is 12.6. The summed E-state index contributed by atoms with van der Waals surface area (Å²) in [4.78, 5) is 24.7. The molecule has 0 aromatic rings. The van der Waals surface area contributed by atoms with Crippen LogP contribution in [0.2, 0.25) is 0 Å². The minimum Gasteiger partial charge on any atom is -0.466 e. The molecule has 28 heavy (non-hydrogen) atoms. The van der Waals surface area contributed by atoms with Gasteiger partial charge in [0.1, 0.15) is 5.78 Å². The monoisotopic (exact) mass is 394 g/mol. The van der Waals surface area contributed by atoms with Crippen LogP contribution in [-0.4, -0.2) is 51.5 Å². The Labute approximate surface area is 166 Å². The molecule has 3 N–H and O–H groups in total. The fraction of sp³-hybridized carbons (Fsp3) is 0.909. The summed E-state index contributed by atoms with van der Waals surface area (Å²) >= 11 is 0. The highest BCUT2D eigenvalue weighted by atomic mass is 16.5. The fourth-order valence-corrected chi connectivity index (χ4v) is 7.77. The number of hydrogen-bond donors (Lipinski definition) is 3. The Bertz CT molecular complexity index is 678. The zero-order valence-electron chi connectivity index (χ0n) is 17.1. The van der Waals surface area contributed by atoms with Gasteiger partial charge in [-0.15, -0.1) is 0 Å². The van der Waals surface area contributed by atoms with Crippen molar-refractivity contribution in [1.29, 1.82) is 0 Å². The molecule has 0 aromatic heterocycles. The number of hydrogen-bond acceptors (Lipinski definition) is 6. The van der Waals surface area contributed by atoms with Crippen molar-refractivity contribution < 1.29 is 29.6 Å². The molecule has 0 spiro atoms. The predicted octanol–water partition coefficient (Wildman–Crippen LogP) is 1.98. The topological polar surface area (TPSA) is 104 Å². The van der Waals surface area contributed by atoms with E-state index in [1.54, 1.807) is 6.92 Å². The fourth-order valence-electron chi connectivity index (χ4n) is 7.77. The van der Waals surface area contributed by atoms with Crippen LogP contribution < -0.4 is 0 Å². The van der Waals surface area contributed by atoms with Crippen molar-refractivity contribution in [3.05, 3.63) is 0 Å². The van der Waals surface area contributed by atoms with Crippen LogP contribution in [0.3, 0.4) is 0 Å². The molecule has 4 rings (SSSR count). The van der Waals surface area contributed by atoms with Gasteiger partial charge in [-0.2, -0.15) is 0 Å². The third-order valence-electron chi connectivity index (χ3n) is 9.34. The second-order valence-electron chi connectivity index (χ2n) is 10.0. The Hall–Kier alpha value is -0.980. The van der Waals surface area contributed by atoms with Crippen LogP contribution in [0.1, 0.15) is 71.6 Å². The van der Waals surface area contributed by atoms with E-state index in [0.29, 0.717) is 51.6 Å². The molecule has 4 saturated carbocycles. The number of Topliss-reactive ketones (excluding diaryl/α,β-unsaturated/α-hetero) is 1. The van der Waals surface area contributed by atoms with Crippen LogP contribution in [0, 0.1) is 28.6 Å². The number of aliphatic hydroxyl groups excluding tert-OH is 1. The zero-order valence-corrected chi connectivity index (χ0v) is 17.1. The number of carbonyl (C=O) groups is 2. The van der Waals surface area contributed by atoms with Gasteiger partial charge in [0.05, 0.1) is 30.3 Å². The highest BCUT2D eigenvalue weighted by Crippen LogP contribution is 2.69. The molecule has 6 heteroatoms. The summed E-state index contributed by atoms with van der Waals surface area (Å²) in [5, 5.41) is 33.8. The standard InChI is InChI=1S/C22H34O6/c1-3-28-18(25)17-7-11-22(27)16-6-10-21(26)12-14(24)4-9-20(21,13-23)15(16)5-8-19(17,22)2/h15-17,23,26-27H,3-13H2,1-2H3/t15-,16+,17+,19+,20+,21-,22+/m1/s1. The quantitative estimate of drug-likeness (QED) is 0.633. The molecule has 0 heterocycles. The third kappa shape index (κ3) is 2.37. The number of carbonyl (C=O) groups excluding carboxylic acids is 2. The first-order chi connectivity index (χ1) is 13.2. The SMILES string of the molecule is CCOC(=O)[C@@H]1CC[C@]2(O)[C@H]3CC[C@@]4(O)CC(=O)CC[C@]4(CO)[C@@H]3CC[C@@]12C. The molecular formula is C22H34O6. The van der Waals surface area contributed by atoms with E-state index in [4.69, 9.17) is 4.74 Å². The molecule has 0 bridgehead atoms. The lowest BCUT2D eigenvalue weighted by Crippen LogP contribution is -2.69. The Morgan fingerprint density at radius 1 is 1.11 bits per heavy atom. The van der Waals surface area contributed by atoms with Gasteiger partial charge in [0.15, 0.2) is 0 Å². The summed E-state index contributed by atoms with van der Waals surface area (Å²) in [7, 11) is 0. The van der Waals surface area contributed by atoms with Crippen LogP contribution in [-0.2, 0) is 14.3 Å². The van der Waals surface area contributed by atoms with E-state index in [0.717, 1.165) is 6.42 Å². The first-order valence-electron chi connectivity index (χ1n) is 10.9. The number of esters is 1. The van der Waals surface area contributed by atoms with Crippen molar-refractivity contribution in [3.8, 4) is 0 Å². The minimum atomic E-state index is -1.18. The molecule has 7 atom stereocenters. The smallest absolute Gasteiger partial charge is 0.309 e. The Kier molecular flexibility index (Phi) is 4.72. The second-order valence-corrected chi connectivity index (χ2v) is 10.0. The summed E-state index contributed by atoms with van der Waals surface area (Å²) in [5.41, 5.74) is -3.46. The van der Waals surface area contributed by atoms with Crippen LogP contribution in [0.4, 0.5) is 0 Å². The number of rotatable bonds is 3. The van der Waals surface area contributed by atoms with Gasteiger partial charge in [-0.05, 0) is 63.7 Å². The molecule has 4 fully saturated rings.